The number of halogens is 3. The van der Waals surface area contributed by atoms with Gasteiger partial charge in [-0.15, -0.1) is 24.8 Å². The number of amides is 1. The molecule has 1 amide bonds. The summed E-state index contributed by atoms with van der Waals surface area (Å²) in [5.41, 5.74) is 4.19. The number of fused-ring (bicyclic) bond motifs is 1. The van der Waals surface area contributed by atoms with Crippen molar-refractivity contribution in [1.29, 1.82) is 0 Å². The van der Waals surface area contributed by atoms with Crippen molar-refractivity contribution >= 4 is 54.0 Å². The third-order valence-corrected chi connectivity index (χ3v) is 6.51. The summed E-state index contributed by atoms with van der Waals surface area (Å²) < 4.78 is 19.7. The Morgan fingerprint density at radius 1 is 1.14 bits per heavy atom. The van der Waals surface area contributed by atoms with Gasteiger partial charge in [-0.25, -0.2) is 9.18 Å². The second-order valence-corrected chi connectivity index (χ2v) is 9.16. The molecule has 0 spiro atoms. The Balaban J connectivity index is 0.00000342. The number of benzene rings is 1. The van der Waals surface area contributed by atoms with E-state index in [1.807, 2.05) is 27.9 Å². The molecule has 0 saturated heterocycles. The fourth-order valence-corrected chi connectivity index (χ4v) is 4.48. The average Bonchev–Trinajstić information content (AvgIpc) is 3.23. The fourth-order valence-electron chi connectivity index (χ4n) is 4.48. The van der Waals surface area contributed by atoms with Crippen molar-refractivity contribution in [1.82, 2.24) is 14.8 Å². The minimum atomic E-state index is -0.394. The number of carbonyl (C=O) groups excluding carboxylic acids is 2. The van der Waals surface area contributed by atoms with Crippen LogP contribution in [-0.4, -0.2) is 80.1 Å². The van der Waals surface area contributed by atoms with E-state index in [2.05, 4.69) is 28.6 Å². The van der Waals surface area contributed by atoms with Crippen LogP contribution in [0.4, 0.5) is 10.1 Å². The molecule has 0 unspecified atom stereocenters. The number of rotatable bonds is 11. The topological polar surface area (TPSA) is 68.9 Å². The molecule has 0 saturated carbocycles. The zero-order chi connectivity index (χ0) is 25.7. The van der Waals surface area contributed by atoms with Gasteiger partial charge in [-0.2, -0.15) is 0 Å². The van der Waals surface area contributed by atoms with Crippen molar-refractivity contribution in [2.75, 3.05) is 58.3 Å². The normalized spacial score (nSPS) is 13.7. The molecule has 1 aromatic carbocycles. The molecule has 1 N–H and O–H groups in total. The van der Waals surface area contributed by atoms with Gasteiger partial charge in [0.2, 0.25) is 0 Å². The third-order valence-electron chi connectivity index (χ3n) is 6.51. The maximum Gasteiger partial charge on any atom is 0.340 e. The zero-order valence-corrected chi connectivity index (χ0v) is 24.2. The summed E-state index contributed by atoms with van der Waals surface area (Å²) >= 11 is 0. The van der Waals surface area contributed by atoms with Gasteiger partial charge in [0.15, 0.2) is 0 Å². The highest BCUT2D eigenvalue weighted by molar-refractivity contribution is 6.35. The third kappa shape index (κ3) is 7.57. The van der Waals surface area contributed by atoms with Crippen LogP contribution in [0.25, 0.3) is 11.6 Å². The van der Waals surface area contributed by atoms with E-state index in [1.54, 1.807) is 17.0 Å². The van der Waals surface area contributed by atoms with Gasteiger partial charge in [-0.1, -0.05) is 13.8 Å². The zero-order valence-electron chi connectivity index (χ0n) is 22.5. The second kappa shape index (κ2) is 14.5. The molecule has 0 atom stereocenters. The number of likely N-dealkylation sites (N-methyl/N-ethyl adjacent to an activating group) is 1. The molecule has 10 heteroatoms. The standard InChI is InChI=1S/C27H37FN4O3.2ClH/c1-7-31(8-2)14-15-35-27(34)25-18(3)23(29-19(25)4)17-22-21-16-20(28)10-11-24(21)32(26(22)33)13-9-12-30(5)6;;/h10-11,16-17,29H,7-9,12-15H2,1-6H3;2*1H/b22-17-;;. The molecule has 1 aromatic heterocycles. The first-order valence-corrected chi connectivity index (χ1v) is 12.2. The molecule has 2 aromatic rings. The van der Waals surface area contributed by atoms with Crippen molar-refractivity contribution < 1.29 is 18.7 Å². The molecule has 1 aliphatic heterocycles. The number of hydrogen-bond acceptors (Lipinski definition) is 5. The summed E-state index contributed by atoms with van der Waals surface area (Å²) in [6.45, 7) is 12.0. The second-order valence-electron chi connectivity index (χ2n) is 9.16. The van der Waals surface area contributed by atoms with E-state index < -0.39 is 5.82 Å². The molecule has 0 bridgehead atoms. The number of ether oxygens (including phenoxy) is 1. The monoisotopic (exact) mass is 556 g/mol. The Hall–Kier alpha value is -2.39. The highest BCUT2D eigenvalue weighted by Gasteiger charge is 2.33. The van der Waals surface area contributed by atoms with Crippen LogP contribution >= 0.6 is 24.8 Å². The van der Waals surface area contributed by atoms with E-state index in [4.69, 9.17) is 4.74 Å². The molecular weight excluding hydrogens is 518 g/mol. The van der Waals surface area contributed by atoms with Crippen LogP contribution in [0.5, 0.6) is 0 Å². The van der Waals surface area contributed by atoms with Gasteiger partial charge < -0.3 is 24.4 Å². The van der Waals surface area contributed by atoms with E-state index in [0.717, 1.165) is 26.1 Å². The summed E-state index contributed by atoms with van der Waals surface area (Å²) in [5.74, 6) is -0.948. The van der Waals surface area contributed by atoms with Crippen molar-refractivity contribution in [2.24, 2.45) is 0 Å². The lowest BCUT2D eigenvalue weighted by Gasteiger charge is -2.18. The summed E-state index contributed by atoms with van der Waals surface area (Å²) in [6.07, 6.45) is 2.52. The predicted octanol–water partition coefficient (Wildman–Crippen LogP) is 4.95. The Morgan fingerprint density at radius 3 is 2.43 bits per heavy atom. The smallest absolute Gasteiger partial charge is 0.340 e. The number of H-pyrrole nitrogens is 1. The number of anilines is 1. The first kappa shape index (κ1) is 32.6. The van der Waals surface area contributed by atoms with Crippen LogP contribution in [0.1, 0.15) is 53.1 Å². The molecular formula is C27H39Cl2FN4O3. The van der Waals surface area contributed by atoms with Crippen LogP contribution in [0.3, 0.4) is 0 Å². The Morgan fingerprint density at radius 2 is 1.81 bits per heavy atom. The van der Waals surface area contributed by atoms with Crippen molar-refractivity contribution in [3.05, 3.63) is 52.1 Å². The van der Waals surface area contributed by atoms with Crippen molar-refractivity contribution in [2.45, 2.75) is 34.1 Å². The maximum absolute atomic E-state index is 14.1. The van der Waals surface area contributed by atoms with E-state index in [9.17, 15) is 14.0 Å². The highest BCUT2D eigenvalue weighted by atomic mass is 35.5. The number of hydrogen-bond donors (Lipinski definition) is 1. The van der Waals surface area contributed by atoms with Gasteiger partial charge in [0, 0.05) is 30.0 Å². The number of aromatic nitrogens is 1. The van der Waals surface area contributed by atoms with E-state index in [-0.39, 0.29) is 36.7 Å². The minimum absolute atomic E-state index is 0. The van der Waals surface area contributed by atoms with Crippen molar-refractivity contribution in [3.63, 3.8) is 0 Å². The predicted molar refractivity (Wildman–Crippen MR) is 153 cm³/mol. The maximum atomic E-state index is 14.1. The van der Waals surface area contributed by atoms with Gasteiger partial charge in [0.05, 0.1) is 16.8 Å². The van der Waals surface area contributed by atoms with Gasteiger partial charge in [0.1, 0.15) is 12.4 Å². The quantitative estimate of drug-likeness (QED) is 0.313. The van der Waals surface area contributed by atoms with Gasteiger partial charge in [-0.05, 0) is 83.8 Å². The molecule has 7 nitrogen and oxygen atoms in total. The van der Waals surface area contributed by atoms with Crippen LogP contribution in [-0.2, 0) is 9.53 Å². The number of nitrogens with one attached hydrogen (secondary N) is 1. The molecule has 0 radical (unpaired) electrons. The van der Waals surface area contributed by atoms with E-state index >= 15 is 0 Å². The van der Waals surface area contributed by atoms with E-state index in [1.165, 1.54) is 12.1 Å². The molecule has 1 aliphatic rings. The van der Waals surface area contributed by atoms with Crippen LogP contribution in [0.2, 0.25) is 0 Å². The highest BCUT2D eigenvalue weighted by Crippen LogP contribution is 2.39. The molecule has 0 fully saturated rings. The average molecular weight is 558 g/mol. The molecule has 2 heterocycles. The van der Waals surface area contributed by atoms with Crippen molar-refractivity contribution in [3.8, 4) is 0 Å². The first-order valence-electron chi connectivity index (χ1n) is 12.2. The summed E-state index contributed by atoms with van der Waals surface area (Å²) in [7, 11) is 3.98. The summed E-state index contributed by atoms with van der Waals surface area (Å²) in [6, 6.07) is 4.44. The lowest BCUT2D eigenvalue weighted by molar-refractivity contribution is -0.113. The van der Waals surface area contributed by atoms with E-state index in [0.29, 0.717) is 59.0 Å². The van der Waals surface area contributed by atoms with Gasteiger partial charge in [-0.3, -0.25) is 4.79 Å². The minimum Gasteiger partial charge on any atom is -0.461 e. The Kier molecular flexibility index (Phi) is 12.8. The number of aromatic amines is 1. The first-order chi connectivity index (χ1) is 16.7. The summed E-state index contributed by atoms with van der Waals surface area (Å²) in [4.78, 5) is 35.4. The number of aryl methyl sites for hydroxylation is 1. The molecule has 206 valence electrons. The lowest BCUT2D eigenvalue weighted by Crippen LogP contribution is -2.29. The molecule has 3 rings (SSSR count). The van der Waals surface area contributed by atoms with Crippen LogP contribution in [0.15, 0.2) is 18.2 Å². The van der Waals surface area contributed by atoms with Gasteiger partial charge >= 0.3 is 5.97 Å². The van der Waals surface area contributed by atoms with Crippen LogP contribution < -0.4 is 4.90 Å². The molecule has 0 aliphatic carbocycles. The molecule has 37 heavy (non-hydrogen) atoms. The van der Waals surface area contributed by atoms with Crippen LogP contribution in [0, 0.1) is 19.7 Å². The Bertz CT molecular complexity index is 1110. The summed E-state index contributed by atoms with van der Waals surface area (Å²) in [5, 5.41) is 0. The number of nitrogens with zero attached hydrogens (tertiary/aromatic N) is 3. The Labute approximate surface area is 231 Å². The SMILES string of the molecule is CCN(CC)CCOC(=O)c1c(C)[nH]c(/C=C2\C(=O)N(CCCN(C)C)c3ccc(F)cc32)c1C.Cl.Cl. The largest absolute Gasteiger partial charge is 0.461 e. The number of esters is 1. The fraction of sp³-hybridized carbons (Fsp3) is 0.481. The van der Waals surface area contributed by atoms with Gasteiger partial charge in [0.25, 0.3) is 5.91 Å². The number of carbonyl (C=O) groups is 2. The lowest BCUT2D eigenvalue weighted by atomic mass is 10.0.